The van der Waals surface area contributed by atoms with E-state index >= 15 is 0 Å². The number of allylic oxidation sites excluding steroid dienone is 1. The van der Waals surface area contributed by atoms with Gasteiger partial charge < -0.3 is 10.4 Å². The molecule has 2 unspecified atom stereocenters. The molecular formula is C17H23NO3. The molecule has 0 spiro atoms. The average molecular weight is 289 g/mol. The van der Waals surface area contributed by atoms with Crippen LogP contribution in [0.25, 0.3) is 0 Å². The van der Waals surface area contributed by atoms with Crippen LogP contribution in [0.5, 0.6) is 0 Å². The molecule has 0 aliphatic carbocycles. The second-order valence-electron chi connectivity index (χ2n) is 5.47. The molecule has 0 saturated carbocycles. The Kier molecular flexibility index (Phi) is 6.66. The van der Waals surface area contributed by atoms with Crippen molar-refractivity contribution in [3.8, 4) is 0 Å². The molecule has 0 aromatic heterocycles. The Morgan fingerprint density at radius 1 is 1.29 bits per heavy atom. The number of carbonyl (C=O) groups excluding carboxylic acids is 1. The summed E-state index contributed by atoms with van der Waals surface area (Å²) in [6.07, 6.45) is 1.03. The number of aliphatic carboxylic acids is 1. The molecule has 1 amide bonds. The molecule has 114 valence electrons. The van der Waals surface area contributed by atoms with Crippen LogP contribution in [0.15, 0.2) is 42.5 Å². The fourth-order valence-electron chi connectivity index (χ4n) is 2.20. The second kappa shape index (κ2) is 8.25. The monoisotopic (exact) mass is 289 g/mol. The van der Waals surface area contributed by atoms with E-state index in [4.69, 9.17) is 5.11 Å². The Balaban J connectivity index is 2.75. The van der Waals surface area contributed by atoms with E-state index < -0.39 is 5.97 Å². The lowest BCUT2D eigenvalue weighted by molar-refractivity contribution is -0.137. The predicted octanol–water partition coefficient (Wildman–Crippen LogP) is 3.31. The molecule has 0 heterocycles. The highest BCUT2D eigenvalue weighted by molar-refractivity contribution is 5.79. The topological polar surface area (TPSA) is 66.4 Å². The standard InChI is InChI=1S/C17H23NO3/c1-12(2)11-13(3)17(21)18-15(9-10-16(19)20)14-7-5-4-6-8-14/h4-8,13,15H,1,9-11H2,2-3H3,(H,18,21)(H,19,20). The number of carboxylic acids is 1. The molecule has 2 N–H and O–H groups in total. The maximum absolute atomic E-state index is 12.2. The number of carbonyl (C=O) groups is 2. The van der Waals surface area contributed by atoms with Gasteiger partial charge in [0.1, 0.15) is 0 Å². The summed E-state index contributed by atoms with van der Waals surface area (Å²) in [5.74, 6) is -1.10. The van der Waals surface area contributed by atoms with Gasteiger partial charge >= 0.3 is 5.97 Å². The van der Waals surface area contributed by atoms with Gasteiger partial charge in [-0.1, -0.05) is 42.8 Å². The third kappa shape index (κ3) is 6.25. The molecular weight excluding hydrogens is 266 g/mol. The van der Waals surface area contributed by atoms with Crippen LogP contribution in [0.4, 0.5) is 0 Å². The van der Waals surface area contributed by atoms with Crippen molar-refractivity contribution in [1.29, 1.82) is 0 Å². The maximum atomic E-state index is 12.2. The molecule has 2 atom stereocenters. The van der Waals surface area contributed by atoms with Gasteiger partial charge in [0.05, 0.1) is 6.04 Å². The van der Waals surface area contributed by atoms with Crippen LogP contribution in [0.3, 0.4) is 0 Å². The van der Waals surface area contributed by atoms with Crippen molar-refractivity contribution < 1.29 is 14.7 Å². The summed E-state index contributed by atoms with van der Waals surface area (Å²) in [5.41, 5.74) is 1.88. The van der Waals surface area contributed by atoms with E-state index in [1.54, 1.807) is 0 Å². The summed E-state index contributed by atoms with van der Waals surface area (Å²) >= 11 is 0. The van der Waals surface area contributed by atoms with Crippen molar-refractivity contribution in [3.63, 3.8) is 0 Å². The fraction of sp³-hybridized carbons (Fsp3) is 0.412. The largest absolute Gasteiger partial charge is 0.481 e. The van der Waals surface area contributed by atoms with Gasteiger partial charge in [-0.05, 0) is 25.3 Å². The number of hydrogen-bond donors (Lipinski definition) is 2. The van der Waals surface area contributed by atoms with Gasteiger partial charge in [-0.25, -0.2) is 0 Å². The minimum atomic E-state index is -0.861. The SMILES string of the molecule is C=C(C)CC(C)C(=O)NC(CCC(=O)O)c1ccccc1. The van der Waals surface area contributed by atoms with E-state index in [2.05, 4.69) is 11.9 Å². The van der Waals surface area contributed by atoms with E-state index in [-0.39, 0.29) is 24.3 Å². The Bertz CT molecular complexity index is 496. The zero-order chi connectivity index (χ0) is 15.8. The highest BCUT2D eigenvalue weighted by Crippen LogP contribution is 2.20. The molecule has 0 radical (unpaired) electrons. The highest BCUT2D eigenvalue weighted by atomic mass is 16.4. The molecule has 1 rings (SSSR count). The van der Waals surface area contributed by atoms with E-state index in [0.717, 1.165) is 11.1 Å². The lowest BCUT2D eigenvalue weighted by Gasteiger charge is -2.21. The molecule has 21 heavy (non-hydrogen) atoms. The van der Waals surface area contributed by atoms with Gasteiger partial charge in [0.2, 0.25) is 5.91 Å². The Labute approximate surface area is 125 Å². The van der Waals surface area contributed by atoms with Gasteiger partial charge in [-0.3, -0.25) is 9.59 Å². The Hall–Kier alpha value is -2.10. The van der Waals surface area contributed by atoms with E-state index in [9.17, 15) is 9.59 Å². The van der Waals surface area contributed by atoms with E-state index in [1.165, 1.54) is 0 Å². The lowest BCUT2D eigenvalue weighted by atomic mass is 9.98. The molecule has 0 saturated heterocycles. The summed E-state index contributed by atoms with van der Waals surface area (Å²) < 4.78 is 0. The number of nitrogens with one attached hydrogen (secondary N) is 1. The van der Waals surface area contributed by atoms with Crippen LogP contribution in [-0.4, -0.2) is 17.0 Å². The second-order valence-corrected chi connectivity index (χ2v) is 5.47. The van der Waals surface area contributed by atoms with E-state index in [1.807, 2.05) is 44.2 Å². The quantitative estimate of drug-likeness (QED) is 0.721. The Morgan fingerprint density at radius 3 is 2.43 bits per heavy atom. The van der Waals surface area contributed by atoms with Gasteiger partial charge in [0.15, 0.2) is 0 Å². The third-order valence-electron chi connectivity index (χ3n) is 3.27. The molecule has 0 bridgehead atoms. The number of rotatable bonds is 8. The summed E-state index contributed by atoms with van der Waals surface area (Å²) in [4.78, 5) is 23.0. The van der Waals surface area contributed by atoms with Crippen molar-refractivity contribution >= 4 is 11.9 Å². The normalized spacial score (nSPS) is 13.2. The summed E-state index contributed by atoms with van der Waals surface area (Å²) in [6, 6.07) is 9.18. The molecule has 1 aromatic rings. The van der Waals surface area contributed by atoms with Crippen molar-refractivity contribution in [1.82, 2.24) is 5.32 Å². The number of amides is 1. The summed E-state index contributed by atoms with van der Waals surface area (Å²) in [5, 5.41) is 11.8. The predicted molar refractivity (Wildman–Crippen MR) is 82.8 cm³/mol. The first-order valence-electron chi connectivity index (χ1n) is 7.11. The summed E-state index contributed by atoms with van der Waals surface area (Å²) in [6.45, 7) is 7.56. The van der Waals surface area contributed by atoms with Crippen LogP contribution in [0, 0.1) is 5.92 Å². The first kappa shape index (κ1) is 17.0. The smallest absolute Gasteiger partial charge is 0.303 e. The van der Waals surface area contributed by atoms with Crippen molar-refractivity contribution in [3.05, 3.63) is 48.0 Å². The van der Waals surface area contributed by atoms with Crippen molar-refractivity contribution in [2.24, 2.45) is 5.92 Å². The molecule has 4 nitrogen and oxygen atoms in total. The molecule has 0 aliphatic heterocycles. The van der Waals surface area contributed by atoms with Crippen LogP contribution >= 0.6 is 0 Å². The maximum Gasteiger partial charge on any atom is 0.303 e. The zero-order valence-electron chi connectivity index (χ0n) is 12.6. The van der Waals surface area contributed by atoms with Gasteiger partial charge in [-0.2, -0.15) is 0 Å². The Morgan fingerprint density at radius 2 is 1.90 bits per heavy atom. The molecule has 0 fully saturated rings. The van der Waals surface area contributed by atoms with Crippen molar-refractivity contribution in [2.45, 2.75) is 39.2 Å². The van der Waals surface area contributed by atoms with Gasteiger partial charge in [0, 0.05) is 12.3 Å². The first-order chi connectivity index (χ1) is 9.90. The molecule has 0 aliphatic rings. The number of benzene rings is 1. The van der Waals surface area contributed by atoms with Crippen LogP contribution in [0.2, 0.25) is 0 Å². The van der Waals surface area contributed by atoms with Crippen LogP contribution in [0.1, 0.15) is 44.7 Å². The first-order valence-corrected chi connectivity index (χ1v) is 7.11. The zero-order valence-corrected chi connectivity index (χ0v) is 12.6. The number of carboxylic acid groups (broad SMARTS) is 1. The third-order valence-corrected chi connectivity index (χ3v) is 3.27. The molecule has 1 aromatic carbocycles. The fourth-order valence-corrected chi connectivity index (χ4v) is 2.20. The highest BCUT2D eigenvalue weighted by Gasteiger charge is 2.19. The minimum absolute atomic E-state index is 0.0225. The van der Waals surface area contributed by atoms with Crippen LogP contribution < -0.4 is 5.32 Å². The number of hydrogen-bond acceptors (Lipinski definition) is 2. The summed E-state index contributed by atoms with van der Waals surface area (Å²) in [7, 11) is 0. The van der Waals surface area contributed by atoms with E-state index in [0.29, 0.717) is 12.8 Å². The average Bonchev–Trinajstić information content (AvgIpc) is 2.43. The van der Waals surface area contributed by atoms with Gasteiger partial charge in [-0.15, -0.1) is 6.58 Å². The lowest BCUT2D eigenvalue weighted by Crippen LogP contribution is -2.33. The minimum Gasteiger partial charge on any atom is -0.481 e. The van der Waals surface area contributed by atoms with Crippen molar-refractivity contribution in [2.75, 3.05) is 0 Å². The molecule has 4 heteroatoms. The van der Waals surface area contributed by atoms with Gasteiger partial charge in [0.25, 0.3) is 0 Å². The van der Waals surface area contributed by atoms with Crippen LogP contribution in [-0.2, 0) is 9.59 Å².